The standard InChI is InChI=1S/C14H18BrF3N2O2/c1-21-11-8-10(15)12(22-2)7-9(11)13(14(16,17)18)20-5-3-19-4-6-20/h7-8,13,19H,3-6H2,1-2H3/t13-/m0/s1. The highest BCUT2D eigenvalue weighted by Crippen LogP contribution is 2.44. The molecule has 1 heterocycles. The molecule has 8 heteroatoms. The van der Waals surface area contributed by atoms with Crippen molar-refractivity contribution in [1.82, 2.24) is 10.2 Å². The smallest absolute Gasteiger partial charge is 0.408 e. The summed E-state index contributed by atoms with van der Waals surface area (Å²) >= 11 is 3.27. The maximum atomic E-state index is 13.7. The second kappa shape index (κ2) is 7.06. The van der Waals surface area contributed by atoms with E-state index in [9.17, 15) is 13.2 Å². The van der Waals surface area contributed by atoms with Crippen molar-refractivity contribution in [2.24, 2.45) is 0 Å². The quantitative estimate of drug-likeness (QED) is 0.867. The molecule has 0 radical (unpaired) electrons. The number of rotatable bonds is 4. The zero-order valence-electron chi connectivity index (χ0n) is 12.3. The summed E-state index contributed by atoms with van der Waals surface area (Å²) in [6.07, 6.45) is -4.40. The Hall–Kier alpha value is -0.990. The zero-order chi connectivity index (χ0) is 16.3. The molecule has 2 rings (SSSR count). The minimum Gasteiger partial charge on any atom is -0.496 e. The Morgan fingerprint density at radius 1 is 1.14 bits per heavy atom. The third-order valence-electron chi connectivity index (χ3n) is 3.63. The summed E-state index contributed by atoms with van der Waals surface area (Å²) in [5, 5.41) is 3.06. The first-order chi connectivity index (χ1) is 10.4. The van der Waals surface area contributed by atoms with Crippen LogP contribution in [0.2, 0.25) is 0 Å². The summed E-state index contributed by atoms with van der Waals surface area (Å²) in [4.78, 5) is 1.42. The van der Waals surface area contributed by atoms with E-state index < -0.39 is 12.2 Å². The molecule has 0 bridgehead atoms. The van der Waals surface area contributed by atoms with Crippen LogP contribution in [-0.4, -0.2) is 51.5 Å². The van der Waals surface area contributed by atoms with Crippen LogP contribution in [0.5, 0.6) is 11.5 Å². The summed E-state index contributed by atoms with van der Waals surface area (Å²) in [6, 6.07) is 1.18. The van der Waals surface area contributed by atoms with E-state index in [1.165, 1.54) is 31.3 Å². The van der Waals surface area contributed by atoms with Crippen LogP contribution in [-0.2, 0) is 0 Å². The molecule has 0 aliphatic carbocycles. The number of nitrogens with one attached hydrogen (secondary N) is 1. The van der Waals surface area contributed by atoms with Crippen molar-refractivity contribution in [1.29, 1.82) is 0 Å². The number of alkyl halides is 3. The molecule has 1 aromatic carbocycles. The van der Waals surface area contributed by atoms with E-state index in [0.29, 0.717) is 36.4 Å². The lowest BCUT2D eigenvalue weighted by molar-refractivity contribution is -0.188. The number of ether oxygens (including phenoxy) is 2. The van der Waals surface area contributed by atoms with E-state index in [1.54, 1.807) is 0 Å². The first-order valence-corrected chi connectivity index (χ1v) is 7.60. The van der Waals surface area contributed by atoms with Gasteiger partial charge >= 0.3 is 6.18 Å². The Morgan fingerprint density at radius 3 is 2.23 bits per heavy atom. The van der Waals surface area contributed by atoms with Gasteiger partial charge < -0.3 is 14.8 Å². The Morgan fingerprint density at radius 2 is 1.73 bits per heavy atom. The molecule has 0 aromatic heterocycles. The van der Waals surface area contributed by atoms with Gasteiger partial charge in [0, 0.05) is 31.7 Å². The number of nitrogens with zero attached hydrogens (tertiary/aromatic N) is 1. The third kappa shape index (κ3) is 3.67. The number of benzene rings is 1. The van der Waals surface area contributed by atoms with Gasteiger partial charge in [-0.05, 0) is 28.1 Å². The molecule has 0 unspecified atom stereocenters. The van der Waals surface area contributed by atoms with Crippen molar-refractivity contribution in [2.45, 2.75) is 12.2 Å². The van der Waals surface area contributed by atoms with Crippen molar-refractivity contribution < 1.29 is 22.6 Å². The maximum Gasteiger partial charge on any atom is 0.408 e. The van der Waals surface area contributed by atoms with Crippen LogP contribution in [0.15, 0.2) is 16.6 Å². The van der Waals surface area contributed by atoms with Gasteiger partial charge in [-0.3, -0.25) is 4.90 Å². The topological polar surface area (TPSA) is 33.7 Å². The molecule has 1 fully saturated rings. The molecule has 1 N–H and O–H groups in total. The Bertz CT molecular complexity index is 520. The Labute approximate surface area is 135 Å². The highest BCUT2D eigenvalue weighted by Gasteiger charge is 2.46. The monoisotopic (exact) mass is 382 g/mol. The van der Waals surface area contributed by atoms with Crippen LogP contribution < -0.4 is 14.8 Å². The first-order valence-electron chi connectivity index (χ1n) is 6.81. The predicted octanol–water partition coefficient (Wildman–Crippen LogP) is 2.97. The SMILES string of the molecule is COc1cc([C@H](N2CCNCC2)C(F)(F)F)c(OC)cc1Br. The maximum absolute atomic E-state index is 13.7. The van der Waals surface area contributed by atoms with Crippen molar-refractivity contribution in [3.8, 4) is 11.5 Å². The molecule has 0 amide bonds. The fourth-order valence-electron chi connectivity index (χ4n) is 2.62. The largest absolute Gasteiger partial charge is 0.496 e. The molecule has 22 heavy (non-hydrogen) atoms. The lowest BCUT2D eigenvalue weighted by Gasteiger charge is -2.36. The molecule has 1 atom stereocenters. The molecular formula is C14H18BrF3N2O2. The Balaban J connectivity index is 2.50. The van der Waals surface area contributed by atoms with Gasteiger partial charge in [0.05, 0.1) is 18.7 Å². The van der Waals surface area contributed by atoms with Gasteiger partial charge in [-0.1, -0.05) is 0 Å². The number of halogens is 4. The normalized spacial score (nSPS) is 18.1. The van der Waals surface area contributed by atoms with E-state index in [1.807, 2.05) is 0 Å². The van der Waals surface area contributed by atoms with Gasteiger partial charge in [0.1, 0.15) is 17.5 Å². The number of hydrogen-bond donors (Lipinski definition) is 1. The van der Waals surface area contributed by atoms with Crippen molar-refractivity contribution in [3.63, 3.8) is 0 Å². The molecule has 1 aliphatic rings. The van der Waals surface area contributed by atoms with Crippen LogP contribution in [0.4, 0.5) is 13.2 Å². The first kappa shape index (κ1) is 17.4. The fourth-order valence-corrected chi connectivity index (χ4v) is 3.10. The second-order valence-electron chi connectivity index (χ2n) is 4.96. The van der Waals surface area contributed by atoms with Gasteiger partial charge in [0.25, 0.3) is 0 Å². The second-order valence-corrected chi connectivity index (χ2v) is 5.81. The number of methoxy groups -OCH3 is 2. The van der Waals surface area contributed by atoms with Gasteiger partial charge in [-0.15, -0.1) is 0 Å². The molecule has 1 saturated heterocycles. The van der Waals surface area contributed by atoms with Crippen LogP contribution in [0.25, 0.3) is 0 Å². The van der Waals surface area contributed by atoms with Crippen molar-refractivity contribution in [3.05, 3.63) is 22.2 Å². The predicted molar refractivity (Wildman–Crippen MR) is 80.5 cm³/mol. The minimum absolute atomic E-state index is 0.0666. The summed E-state index contributed by atoms with van der Waals surface area (Å²) in [5.74, 6) is 0.536. The average molecular weight is 383 g/mol. The van der Waals surface area contributed by atoms with Crippen LogP contribution >= 0.6 is 15.9 Å². The highest BCUT2D eigenvalue weighted by atomic mass is 79.9. The van der Waals surface area contributed by atoms with Gasteiger partial charge in [0.15, 0.2) is 0 Å². The van der Waals surface area contributed by atoms with E-state index in [4.69, 9.17) is 9.47 Å². The van der Waals surface area contributed by atoms with Gasteiger partial charge in [-0.2, -0.15) is 13.2 Å². The zero-order valence-corrected chi connectivity index (χ0v) is 13.9. The number of hydrogen-bond acceptors (Lipinski definition) is 4. The van der Waals surface area contributed by atoms with Crippen molar-refractivity contribution >= 4 is 15.9 Å². The van der Waals surface area contributed by atoms with E-state index in [0.717, 1.165) is 0 Å². The van der Waals surface area contributed by atoms with E-state index in [-0.39, 0.29) is 11.3 Å². The van der Waals surface area contributed by atoms with Gasteiger partial charge in [0.2, 0.25) is 0 Å². The molecule has 0 spiro atoms. The fraction of sp³-hybridized carbons (Fsp3) is 0.571. The van der Waals surface area contributed by atoms with E-state index >= 15 is 0 Å². The molecule has 0 saturated carbocycles. The Kier molecular flexibility index (Phi) is 5.57. The molecule has 1 aromatic rings. The van der Waals surface area contributed by atoms with E-state index in [2.05, 4.69) is 21.2 Å². The molecule has 4 nitrogen and oxygen atoms in total. The average Bonchev–Trinajstić information content (AvgIpc) is 2.48. The van der Waals surface area contributed by atoms with Crippen molar-refractivity contribution in [2.75, 3.05) is 40.4 Å². The minimum atomic E-state index is -4.40. The van der Waals surface area contributed by atoms with Crippen LogP contribution in [0.3, 0.4) is 0 Å². The summed E-state index contributed by atoms with van der Waals surface area (Å²) in [6.45, 7) is 1.71. The molecule has 1 aliphatic heterocycles. The molecule has 124 valence electrons. The van der Waals surface area contributed by atoms with Crippen LogP contribution in [0, 0.1) is 0 Å². The number of piperazine rings is 1. The van der Waals surface area contributed by atoms with Gasteiger partial charge in [-0.25, -0.2) is 0 Å². The summed E-state index contributed by atoms with van der Waals surface area (Å²) in [7, 11) is 2.78. The highest BCUT2D eigenvalue weighted by molar-refractivity contribution is 9.10. The lowest BCUT2D eigenvalue weighted by Crippen LogP contribution is -2.49. The lowest BCUT2D eigenvalue weighted by atomic mass is 10.0. The third-order valence-corrected chi connectivity index (χ3v) is 4.25. The van der Waals surface area contributed by atoms with Crippen LogP contribution in [0.1, 0.15) is 11.6 Å². The molecular weight excluding hydrogens is 365 g/mol. The summed E-state index contributed by atoms with van der Waals surface area (Å²) < 4.78 is 51.9. The summed E-state index contributed by atoms with van der Waals surface area (Å²) in [5.41, 5.74) is 0.0666.